The molecule has 0 radical (unpaired) electrons. The Balaban J connectivity index is 1.76. The fourth-order valence-corrected chi connectivity index (χ4v) is 3.10. The molecule has 1 N–H and O–H groups in total. The first-order valence-electron chi connectivity index (χ1n) is 10.1. The third-order valence-corrected chi connectivity index (χ3v) is 5.01. The number of esters is 1. The van der Waals surface area contributed by atoms with Crippen molar-refractivity contribution in [1.29, 1.82) is 0 Å². The molecule has 1 atom stereocenters. The Bertz CT molecular complexity index is 1130. The van der Waals surface area contributed by atoms with Gasteiger partial charge in [0.1, 0.15) is 0 Å². The van der Waals surface area contributed by atoms with Crippen LogP contribution in [0.2, 0.25) is 0 Å². The van der Waals surface area contributed by atoms with Gasteiger partial charge in [-0.25, -0.2) is 4.79 Å². The molecule has 0 aliphatic heterocycles. The number of aryl methyl sites for hydroxylation is 3. The van der Waals surface area contributed by atoms with Gasteiger partial charge >= 0.3 is 5.97 Å². The molecule has 0 aliphatic carbocycles. The van der Waals surface area contributed by atoms with Gasteiger partial charge in [0.05, 0.1) is 5.56 Å². The van der Waals surface area contributed by atoms with Crippen LogP contribution in [0.15, 0.2) is 66.7 Å². The molecule has 0 saturated carbocycles. The number of amides is 1. The van der Waals surface area contributed by atoms with E-state index in [1.54, 1.807) is 30.3 Å². The highest BCUT2D eigenvalue weighted by atomic mass is 16.5. The quantitative estimate of drug-likeness (QED) is 0.453. The highest BCUT2D eigenvalue weighted by Gasteiger charge is 2.23. The zero-order valence-corrected chi connectivity index (χ0v) is 18.1. The van der Waals surface area contributed by atoms with Gasteiger partial charge in [-0.05, 0) is 51.0 Å². The maximum absolute atomic E-state index is 12.9. The molecular weight excluding hydrogens is 390 g/mol. The number of benzene rings is 3. The number of hydrogen-bond acceptors (Lipinski definition) is 4. The van der Waals surface area contributed by atoms with Crippen molar-refractivity contribution in [3.05, 3.63) is 100 Å². The molecule has 0 spiro atoms. The summed E-state index contributed by atoms with van der Waals surface area (Å²) in [5, 5.41) is 2.79. The number of hydrogen-bond donors (Lipinski definition) is 1. The highest BCUT2D eigenvalue weighted by Crippen LogP contribution is 2.19. The number of anilines is 1. The summed E-state index contributed by atoms with van der Waals surface area (Å²) in [6.07, 6.45) is -1.03. The molecule has 0 fully saturated rings. The number of nitrogens with one attached hydrogen (secondary N) is 1. The van der Waals surface area contributed by atoms with Crippen LogP contribution in [0.25, 0.3) is 0 Å². The minimum atomic E-state index is -1.03. The minimum absolute atomic E-state index is 0.125. The molecule has 0 heterocycles. The van der Waals surface area contributed by atoms with E-state index >= 15 is 0 Å². The van der Waals surface area contributed by atoms with E-state index in [0.29, 0.717) is 11.3 Å². The first-order valence-corrected chi connectivity index (χ1v) is 10.1. The van der Waals surface area contributed by atoms with Gasteiger partial charge in [0.2, 0.25) is 0 Å². The summed E-state index contributed by atoms with van der Waals surface area (Å²) in [5.41, 5.74) is 4.46. The number of ether oxygens (including phenoxy) is 1. The van der Waals surface area contributed by atoms with Crippen molar-refractivity contribution in [2.75, 3.05) is 5.32 Å². The highest BCUT2D eigenvalue weighted by molar-refractivity contribution is 6.14. The maximum Gasteiger partial charge on any atom is 0.339 e. The monoisotopic (exact) mass is 415 g/mol. The molecule has 0 saturated heterocycles. The second kappa shape index (κ2) is 9.39. The third kappa shape index (κ3) is 5.25. The molecule has 0 aromatic heterocycles. The van der Waals surface area contributed by atoms with Crippen LogP contribution in [0, 0.1) is 20.8 Å². The van der Waals surface area contributed by atoms with Crippen LogP contribution in [0.1, 0.15) is 49.9 Å². The van der Waals surface area contributed by atoms with Crippen molar-refractivity contribution in [3.8, 4) is 0 Å². The lowest BCUT2D eigenvalue weighted by molar-refractivity contribution is -0.123. The smallest absolute Gasteiger partial charge is 0.339 e. The van der Waals surface area contributed by atoms with Gasteiger partial charge in [0, 0.05) is 16.8 Å². The normalized spacial score (nSPS) is 11.5. The Hall–Kier alpha value is -3.73. The molecule has 158 valence electrons. The van der Waals surface area contributed by atoms with Crippen molar-refractivity contribution in [3.63, 3.8) is 0 Å². The summed E-state index contributed by atoms with van der Waals surface area (Å²) < 4.78 is 5.38. The summed E-state index contributed by atoms with van der Waals surface area (Å²) in [6, 6.07) is 19.3. The van der Waals surface area contributed by atoms with Gasteiger partial charge in [-0.3, -0.25) is 9.59 Å². The molecule has 31 heavy (non-hydrogen) atoms. The van der Waals surface area contributed by atoms with Crippen molar-refractivity contribution >= 4 is 23.3 Å². The molecule has 1 unspecified atom stereocenters. The maximum atomic E-state index is 12.9. The lowest BCUT2D eigenvalue weighted by atomic mass is 9.98. The van der Waals surface area contributed by atoms with Crippen molar-refractivity contribution in [2.24, 2.45) is 0 Å². The summed E-state index contributed by atoms with van der Waals surface area (Å²) in [4.78, 5) is 38.3. The minimum Gasteiger partial charge on any atom is -0.449 e. The van der Waals surface area contributed by atoms with Gasteiger partial charge in [-0.1, -0.05) is 60.2 Å². The SMILES string of the molecule is Cc1ccc(C(=O)c2ccccc2C(=O)OC(C)C(=O)Nc2cc(C)ccc2C)cc1. The first kappa shape index (κ1) is 22.0. The molecule has 1 amide bonds. The van der Waals surface area contributed by atoms with Gasteiger partial charge in [0.25, 0.3) is 5.91 Å². The lowest BCUT2D eigenvalue weighted by Gasteiger charge is -2.16. The van der Waals surface area contributed by atoms with Crippen LogP contribution in [-0.2, 0) is 9.53 Å². The van der Waals surface area contributed by atoms with Gasteiger partial charge in [0.15, 0.2) is 11.9 Å². The predicted octanol–water partition coefficient (Wildman–Crippen LogP) is 5.03. The fraction of sp³-hybridized carbons (Fsp3) is 0.192. The zero-order chi connectivity index (χ0) is 22.5. The van der Waals surface area contributed by atoms with E-state index in [0.717, 1.165) is 16.7 Å². The molecular formula is C26H25NO4. The molecule has 5 nitrogen and oxygen atoms in total. The summed E-state index contributed by atoms with van der Waals surface area (Å²) in [6.45, 7) is 7.26. The number of ketones is 1. The van der Waals surface area contributed by atoms with Crippen molar-refractivity contribution in [1.82, 2.24) is 0 Å². The summed E-state index contributed by atoms with van der Waals surface area (Å²) in [7, 11) is 0. The lowest BCUT2D eigenvalue weighted by Crippen LogP contribution is -2.30. The number of carbonyl (C=O) groups is 3. The topological polar surface area (TPSA) is 72.5 Å². The van der Waals surface area contributed by atoms with Crippen LogP contribution < -0.4 is 5.32 Å². The van der Waals surface area contributed by atoms with Crippen LogP contribution in [0.5, 0.6) is 0 Å². The van der Waals surface area contributed by atoms with Gasteiger partial charge in [-0.15, -0.1) is 0 Å². The van der Waals surface area contributed by atoms with E-state index in [-0.39, 0.29) is 16.9 Å². The largest absolute Gasteiger partial charge is 0.449 e. The standard InChI is InChI=1S/C26H25NO4/c1-16-10-13-20(14-11-16)24(28)21-7-5-6-8-22(21)26(30)31-19(4)25(29)27-23-15-17(2)9-12-18(23)3/h5-15,19H,1-4H3,(H,27,29). The van der Waals surface area contributed by atoms with E-state index in [2.05, 4.69) is 5.32 Å². The molecule has 5 heteroatoms. The zero-order valence-electron chi connectivity index (χ0n) is 18.1. The summed E-state index contributed by atoms with van der Waals surface area (Å²) >= 11 is 0. The van der Waals surface area contributed by atoms with E-state index < -0.39 is 18.0 Å². The average molecular weight is 415 g/mol. The predicted molar refractivity (Wildman–Crippen MR) is 120 cm³/mol. The van der Waals surface area contributed by atoms with E-state index in [4.69, 9.17) is 4.74 Å². The average Bonchev–Trinajstić information content (AvgIpc) is 2.76. The Labute approximate surface area is 182 Å². The summed E-state index contributed by atoms with van der Waals surface area (Å²) in [5.74, 6) is -1.44. The van der Waals surface area contributed by atoms with Crippen LogP contribution in [-0.4, -0.2) is 23.8 Å². The molecule has 3 aromatic rings. The molecule has 3 aromatic carbocycles. The van der Waals surface area contributed by atoms with Crippen LogP contribution >= 0.6 is 0 Å². The van der Waals surface area contributed by atoms with Gasteiger partial charge < -0.3 is 10.1 Å². The Morgan fingerprint density at radius 1 is 0.806 bits per heavy atom. The van der Waals surface area contributed by atoms with E-state index in [1.807, 2.05) is 51.1 Å². The number of carbonyl (C=O) groups excluding carboxylic acids is 3. The number of rotatable bonds is 6. The fourth-order valence-electron chi connectivity index (χ4n) is 3.10. The van der Waals surface area contributed by atoms with E-state index in [9.17, 15) is 14.4 Å². The molecule has 3 rings (SSSR count). The Morgan fingerprint density at radius 2 is 1.42 bits per heavy atom. The van der Waals surface area contributed by atoms with Crippen LogP contribution in [0.4, 0.5) is 5.69 Å². The Morgan fingerprint density at radius 3 is 2.10 bits per heavy atom. The Kier molecular flexibility index (Phi) is 6.65. The van der Waals surface area contributed by atoms with E-state index in [1.165, 1.54) is 13.0 Å². The van der Waals surface area contributed by atoms with Crippen molar-refractivity contribution in [2.45, 2.75) is 33.8 Å². The molecule has 0 bridgehead atoms. The van der Waals surface area contributed by atoms with Gasteiger partial charge in [-0.2, -0.15) is 0 Å². The second-order valence-electron chi connectivity index (χ2n) is 7.60. The molecule has 0 aliphatic rings. The second-order valence-corrected chi connectivity index (χ2v) is 7.60. The third-order valence-electron chi connectivity index (χ3n) is 5.01. The van der Waals surface area contributed by atoms with Crippen LogP contribution in [0.3, 0.4) is 0 Å². The first-order chi connectivity index (χ1) is 14.8. The van der Waals surface area contributed by atoms with Crippen molar-refractivity contribution < 1.29 is 19.1 Å².